The third kappa shape index (κ3) is 4.71. The molecule has 0 aromatic carbocycles. The number of piperazine rings is 1. The number of rotatable bonds is 6. The normalized spacial score (nSPS) is 15.7. The van der Waals surface area contributed by atoms with Gasteiger partial charge in [-0.15, -0.1) is 0 Å². The van der Waals surface area contributed by atoms with Crippen molar-refractivity contribution in [2.45, 2.75) is 33.4 Å². The Morgan fingerprint density at radius 3 is 2.70 bits per heavy atom. The van der Waals surface area contributed by atoms with Gasteiger partial charge in [0.1, 0.15) is 18.2 Å². The SMILES string of the molecule is CCNC(=NCc1nccn1C(F)F)N1CCN(c2nc(CC)ns2)CC1. The Kier molecular flexibility index (Phi) is 6.54. The van der Waals surface area contributed by atoms with Gasteiger partial charge in [0.2, 0.25) is 5.13 Å². The van der Waals surface area contributed by atoms with Gasteiger partial charge in [0.15, 0.2) is 5.96 Å². The lowest BCUT2D eigenvalue weighted by atomic mass is 10.3. The van der Waals surface area contributed by atoms with Crippen LogP contribution in [0.25, 0.3) is 0 Å². The predicted molar refractivity (Wildman–Crippen MR) is 101 cm³/mol. The number of anilines is 1. The first-order chi connectivity index (χ1) is 13.1. The van der Waals surface area contributed by atoms with Gasteiger partial charge in [0, 0.05) is 63.1 Å². The van der Waals surface area contributed by atoms with E-state index in [9.17, 15) is 8.78 Å². The van der Waals surface area contributed by atoms with Crippen LogP contribution < -0.4 is 10.2 Å². The molecule has 0 aliphatic carbocycles. The third-order valence-corrected chi connectivity index (χ3v) is 5.10. The highest BCUT2D eigenvalue weighted by Gasteiger charge is 2.22. The molecule has 0 bridgehead atoms. The van der Waals surface area contributed by atoms with Crippen molar-refractivity contribution in [3.8, 4) is 0 Å². The number of aliphatic imine (C=N–C) groups is 1. The molecule has 27 heavy (non-hydrogen) atoms. The van der Waals surface area contributed by atoms with E-state index in [1.807, 2.05) is 13.8 Å². The summed E-state index contributed by atoms with van der Waals surface area (Å²) in [7, 11) is 0. The van der Waals surface area contributed by atoms with Crippen LogP contribution in [0.4, 0.5) is 13.9 Å². The molecule has 3 rings (SSSR count). The number of guanidine groups is 1. The van der Waals surface area contributed by atoms with Gasteiger partial charge in [-0.25, -0.2) is 15.0 Å². The van der Waals surface area contributed by atoms with Gasteiger partial charge >= 0.3 is 6.55 Å². The predicted octanol–water partition coefficient (Wildman–Crippen LogP) is 1.98. The molecule has 11 heteroatoms. The maximum atomic E-state index is 13.0. The van der Waals surface area contributed by atoms with Gasteiger partial charge < -0.3 is 15.1 Å². The monoisotopic (exact) mass is 398 g/mol. The fourth-order valence-electron chi connectivity index (χ4n) is 2.84. The quantitative estimate of drug-likeness (QED) is 0.593. The number of imidazole rings is 1. The largest absolute Gasteiger partial charge is 0.357 e. The Balaban J connectivity index is 1.63. The van der Waals surface area contributed by atoms with Crippen molar-refractivity contribution in [2.24, 2.45) is 4.99 Å². The lowest BCUT2D eigenvalue weighted by molar-refractivity contribution is 0.0671. The van der Waals surface area contributed by atoms with E-state index in [-0.39, 0.29) is 12.4 Å². The summed E-state index contributed by atoms with van der Waals surface area (Å²) in [4.78, 5) is 17.4. The summed E-state index contributed by atoms with van der Waals surface area (Å²) in [5, 5.41) is 4.19. The van der Waals surface area contributed by atoms with Crippen LogP contribution in [-0.2, 0) is 13.0 Å². The zero-order chi connectivity index (χ0) is 19.2. The lowest BCUT2D eigenvalue weighted by Gasteiger charge is -2.36. The van der Waals surface area contributed by atoms with E-state index in [1.165, 1.54) is 23.9 Å². The Morgan fingerprint density at radius 2 is 2.07 bits per heavy atom. The summed E-state index contributed by atoms with van der Waals surface area (Å²) in [5.41, 5.74) is 0. The second-order valence-corrected chi connectivity index (χ2v) is 6.75. The smallest absolute Gasteiger partial charge is 0.319 e. The molecular weight excluding hydrogens is 374 g/mol. The first-order valence-corrected chi connectivity index (χ1v) is 9.80. The number of aromatic nitrogens is 4. The highest BCUT2D eigenvalue weighted by atomic mass is 32.1. The highest BCUT2D eigenvalue weighted by molar-refractivity contribution is 7.09. The number of halogens is 2. The molecule has 1 N–H and O–H groups in total. The van der Waals surface area contributed by atoms with Crippen LogP contribution in [-0.4, -0.2) is 62.5 Å². The van der Waals surface area contributed by atoms with E-state index in [0.29, 0.717) is 12.5 Å². The maximum Gasteiger partial charge on any atom is 0.319 e. The Labute approximate surface area is 161 Å². The van der Waals surface area contributed by atoms with Crippen molar-refractivity contribution < 1.29 is 8.78 Å². The Hall–Kier alpha value is -2.30. The molecule has 0 radical (unpaired) electrons. The molecule has 0 atom stereocenters. The van der Waals surface area contributed by atoms with Crippen LogP contribution in [0.5, 0.6) is 0 Å². The summed E-state index contributed by atoms with van der Waals surface area (Å²) >= 11 is 1.43. The van der Waals surface area contributed by atoms with Crippen molar-refractivity contribution >= 4 is 22.6 Å². The summed E-state index contributed by atoms with van der Waals surface area (Å²) in [6, 6.07) is 0. The first kappa shape index (κ1) is 19.5. The molecule has 0 spiro atoms. The highest BCUT2D eigenvalue weighted by Crippen LogP contribution is 2.19. The van der Waals surface area contributed by atoms with Gasteiger partial charge in [-0.3, -0.25) is 4.57 Å². The van der Waals surface area contributed by atoms with Gasteiger partial charge in [-0.1, -0.05) is 6.92 Å². The van der Waals surface area contributed by atoms with Crippen molar-refractivity contribution in [2.75, 3.05) is 37.6 Å². The summed E-state index contributed by atoms with van der Waals surface area (Å²) in [5.74, 6) is 1.84. The van der Waals surface area contributed by atoms with Crippen molar-refractivity contribution in [3.05, 3.63) is 24.0 Å². The minimum Gasteiger partial charge on any atom is -0.357 e. The van der Waals surface area contributed by atoms with E-state index in [1.54, 1.807) is 0 Å². The number of nitrogens with one attached hydrogen (secondary N) is 1. The average Bonchev–Trinajstić information content (AvgIpc) is 3.34. The molecule has 0 amide bonds. The first-order valence-electron chi connectivity index (χ1n) is 9.03. The molecule has 2 aromatic heterocycles. The van der Waals surface area contributed by atoms with Gasteiger partial charge in [-0.2, -0.15) is 13.2 Å². The number of alkyl halides is 2. The van der Waals surface area contributed by atoms with Crippen molar-refractivity contribution in [1.29, 1.82) is 0 Å². The molecule has 1 saturated heterocycles. The minimum atomic E-state index is -2.61. The molecule has 3 heterocycles. The van der Waals surface area contributed by atoms with E-state index in [0.717, 1.165) is 48.1 Å². The van der Waals surface area contributed by atoms with E-state index in [2.05, 4.69) is 34.5 Å². The molecule has 2 aromatic rings. The summed E-state index contributed by atoms with van der Waals surface area (Å²) < 4.78 is 31.1. The van der Waals surface area contributed by atoms with Crippen LogP contribution in [0.1, 0.15) is 32.0 Å². The molecule has 0 unspecified atom stereocenters. The van der Waals surface area contributed by atoms with Gasteiger partial charge in [0.25, 0.3) is 0 Å². The zero-order valence-electron chi connectivity index (χ0n) is 15.5. The second kappa shape index (κ2) is 9.07. The summed E-state index contributed by atoms with van der Waals surface area (Å²) in [6.07, 6.45) is 3.48. The van der Waals surface area contributed by atoms with E-state index < -0.39 is 6.55 Å². The standard InChI is InChI=1S/C16H24F2N8S/c1-3-12-22-16(27-23-12)25-9-7-24(8-10-25)15(19-4-2)21-11-13-20-5-6-26(13)14(17)18/h5-6,14H,3-4,7-11H2,1-2H3,(H,19,21). The topological polar surface area (TPSA) is 74.5 Å². The van der Waals surface area contributed by atoms with Crippen molar-refractivity contribution in [3.63, 3.8) is 0 Å². The van der Waals surface area contributed by atoms with Gasteiger partial charge in [0.05, 0.1) is 0 Å². The van der Waals surface area contributed by atoms with E-state index >= 15 is 0 Å². The number of nitrogens with zero attached hydrogens (tertiary/aromatic N) is 7. The summed E-state index contributed by atoms with van der Waals surface area (Å²) in [6.45, 7) is 5.41. The molecule has 1 aliphatic rings. The molecule has 1 fully saturated rings. The molecular formula is C16H24F2N8S. The number of hydrogen-bond acceptors (Lipinski definition) is 6. The number of aryl methyl sites for hydroxylation is 1. The van der Waals surface area contributed by atoms with Crippen LogP contribution >= 0.6 is 11.5 Å². The van der Waals surface area contributed by atoms with Crippen LogP contribution in [0.3, 0.4) is 0 Å². The Morgan fingerprint density at radius 1 is 1.30 bits per heavy atom. The fourth-order valence-corrected chi connectivity index (χ4v) is 3.64. The minimum absolute atomic E-state index is 0.107. The van der Waals surface area contributed by atoms with Crippen LogP contribution in [0.2, 0.25) is 0 Å². The average molecular weight is 398 g/mol. The van der Waals surface area contributed by atoms with Gasteiger partial charge in [-0.05, 0) is 6.92 Å². The molecule has 0 saturated carbocycles. The Bertz CT molecular complexity index is 751. The zero-order valence-corrected chi connectivity index (χ0v) is 16.3. The molecule has 8 nitrogen and oxygen atoms in total. The maximum absolute atomic E-state index is 13.0. The number of hydrogen-bond donors (Lipinski definition) is 1. The molecule has 1 aliphatic heterocycles. The second-order valence-electron chi connectivity index (χ2n) is 6.02. The van der Waals surface area contributed by atoms with Crippen molar-refractivity contribution in [1.82, 2.24) is 29.1 Å². The van der Waals surface area contributed by atoms with Crippen LogP contribution in [0, 0.1) is 0 Å². The van der Waals surface area contributed by atoms with Crippen LogP contribution in [0.15, 0.2) is 17.4 Å². The third-order valence-electron chi connectivity index (χ3n) is 4.29. The molecule has 148 valence electrons. The lowest BCUT2D eigenvalue weighted by Crippen LogP contribution is -2.52. The fraction of sp³-hybridized carbons (Fsp3) is 0.625. The van der Waals surface area contributed by atoms with E-state index in [4.69, 9.17) is 0 Å².